The summed E-state index contributed by atoms with van der Waals surface area (Å²) in [7, 11) is 0. The maximum absolute atomic E-state index is 13.8. The van der Waals surface area contributed by atoms with Crippen molar-refractivity contribution in [1.29, 1.82) is 0 Å². The van der Waals surface area contributed by atoms with E-state index in [1.165, 1.54) is 4.90 Å². The van der Waals surface area contributed by atoms with Crippen molar-refractivity contribution in [2.45, 2.75) is 58.8 Å². The highest BCUT2D eigenvalue weighted by atomic mass is 32.1. The molecule has 3 unspecified atom stereocenters. The van der Waals surface area contributed by atoms with Gasteiger partial charge in [-0.1, -0.05) is 45.0 Å². The van der Waals surface area contributed by atoms with Crippen LogP contribution >= 0.6 is 11.3 Å². The van der Waals surface area contributed by atoms with E-state index in [1.807, 2.05) is 52.0 Å². The van der Waals surface area contributed by atoms with Gasteiger partial charge in [0.1, 0.15) is 25.3 Å². The first-order valence-electron chi connectivity index (χ1n) is 17.6. The molecule has 0 bridgehead atoms. The summed E-state index contributed by atoms with van der Waals surface area (Å²) < 4.78 is 31.8. The fourth-order valence-electron chi connectivity index (χ4n) is 5.30. The van der Waals surface area contributed by atoms with Gasteiger partial charge in [0.05, 0.1) is 88.3 Å². The van der Waals surface area contributed by atoms with Crippen LogP contribution in [0, 0.1) is 12.3 Å². The van der Waals surface area contributed by atoms with Gasteiger partial charge in [-0.25, -0.2) is 9.78 Å². The first-order chi connectivity index (χ1) is 25.4. The average molecular weight is 767 g/mol. The minimum atomic E-state index is -1.02. The number of carboxylic acids is 1. The Labute approximate surface area is 314 Å². The van der Waals surface area contributed by atoms with Crippen LogP contribution in [0.5, 0.6) is 0 Å². The number of ether oxygens (including phenoxy) is 6. The van der Waals surface area contributed by atoms with Gasteiger partial charge in [0.2, 0.25) is 17.7 Å². The van der Waals surface area contributed by atoms with E-state index in [0.29, 0.717) is 39.6 Å². The lowest BCUT2D eigenvalue weighted by molar-refractivity contribution is -0.144. The number of carbonyl (C=O) groups excluding carboxylic acids is 3. The van der Waals surface area contributed by atoms with E-state index in [0.717, 1.165) is 21.7 Å². The number of aryl methyl sites for hydroxylation is 1. The van der Waals surface area contributed by atoms with Crippen LogP contribution in [0.1, 0.15) is 38.4 Å². The summed E-state index contributed by atoms with van der Waals surface area (Å²) in [4.78, 5) is 57.0. The third-order valence-corrected chi connectivity index (χ3v) is 9.01. The summed E-state index contributed by atoms with van der Waals surface area (Å²) in [6, 6.07) is 5.99. The quantitative estimate of drug-likeness (QED) is 0.106. The number of nitrogens with zero attached hydrogens (tertiary/aromatic N) is 2. The highest BCUT2D eigenvalue weighted by Gasteiger charge is 2.44. The number of aliphatic carboxylic acids is 1. The molecule has 1 aliphatic heterocycles. The van der Waals surface area contributed by atoms with Gasteiger partial charge < -0.3 is 54.2 Å². The Balaban J connectivity index is 1.30. The van der Waals surface area contributed by atoms with E-state index in [2.05, 4.69) is 15.6 Å². The molecule has 1 aromatic heterocycles. The number of carboxylic acid groups (broad SMARTS) is 1. The standard InChI is InChI=1S/C36H54N4O12S/c1-25-32(53-24-38-25)27-7-5-26(6-8-27)20-37-34(45)29-19-28(41)21-40(29)35(46)33(36(2,3)4)39-30(42)22-51-17-15-49-13-11-47-9-10-48-12-14-50-16-18-52-23-31(43)44/h5-8,24,28-29,33,41H,9-23H2,1-4H3,(H,37,45)(H,39,42)(H,43,44). The van der Waals surface area contributed by atoms with Crippen LogP contribution in [-0.4, -0.2) is 148 Å². The van der Waals surface area contributed by atoms with Crippen LogP contribution in [0.3, 0.4) is 0 Å². The van der Waals surface area contributed by atoms with Gasteiger partial charge in [-0.15, -0.1) is 11.3 Å². The van der Waals surface area contributed by atoms with E-state index >= 15 is 0 Å². The zero-order chi connectivity index (χ0) is 38.6. The number of benzene rings is 1. The minimum absolute atomic E-state index is 0.0170. The molecule has 0 aliphatic carbocycles. The van der Waals surface area contributed by atoms with Gasteiger partial charge in [0.15, 0.2) is 0 Å². The molecular formula is C36H54N4O12S. The Morgan fingerprint density at radius 1 is 0.868 bits per heavy atom. The number of aliphatic hydroxyl groups is 1. The van der Waals surface area contributed by atoms with E-state index < -0.39 is 41.4 Å². The molecule has 3 rings (SSSR count). The van der Waals surface area contributed by atoms with Crippen LogP contribution in [0.25, 0.3) is 10.4 Å². The van der Waals surface area contributed by atoms with E-state index in [4.69, 9.17) is 33.5 Å². The molecule has 4 N–H and O–H groups in total. The molecule has 17 heteroatoms. The second kappa shape index (κ2) is 23.3. The number of aliphatic hydroxyl groups excluding tert-OH is 1. The lowest BCUT2D eigenvalue weighted by atomic mass is 9.85. The average Bonchev–Trinajstić information content (AvgIpc) is 3.73. The van der Waals surface area contributed by atoms with Crippen molar-refractivity contribution in [3.8, 4) is 10.4 Å². The molecule has 0 saturated carbocycles. The van der Waals surface area contributed by atoms with Gasteiger partial charge >= 0.3 is 5.97 Å². The van der Waals surface area contributed by atoms with Crippen molar-refractivity contribution >= 4 is 35.0 Å². The number of carbonyl (C=O) groups is 4. The normalized spacial score (nSPS) is 16.4. The van der Waals surface area contributed by atoms with Gasteiger partial charge in [0, 0.05) is 19.5 Å². The van der Waals surface area contributed by atoms with Crippen LogP contribution in [-0.2, 0) is 54.1 Å². The predicted octanol–water partition coefficient (Wildman–Crippen LogP) is 1.41. The van der Waals surface area contributed by atoms with Crippen LogP contribution in [0.2, 0.25) is 0 Å². The van der Waals surface area contributed by atoms with Crippen molar-refractivity contribution in [3.05, 3.63) is 41.0 Å². The zero-order valence-corrected chi connectivity index (χ0v) is 31.8. The first-order valence-corrected chi connectivity index (χ1v) is 18.5. The monoisotopic (exact) mass is 766 g/mol. The van der Waals surface area contributed by atoms with Gasteiger partial charge in [0.25, 0.3) is 0 Å². The lowest BCUT2D eigenvalue weighted by Gasteiger charge is -2.35. The third-order valence-electron chi connectivity index (χ3n) is 8.03. The number of hydrogen-bond acceptors (Lipinski definition) is 13. The Hall–Kier alpha value is -3.55. The zero-order valence-electron chi connectivity index (χ0n) is 31.0. The highest BCUT2D eigenvalue weighted by molar-refractivity contribution is 7.13. The van der Waals surface area contributed by atoms with Crippen LogP contribution in [0.4, 0.5) is 0 Å². The molecule has 53 heavy (non-hydrogen) atoms. The summed E-state index contributed by atoms with van der Waals surface area (Å²) in [6.45, 7) is 10.1. The summed E-state index contributed by atoms with van der Waals surface area (Å²) in [5.41, 5.74) is 4.01. The smallest absolute Gasteiger partial charge is 0.329 e. The second-order valence-electron chi connectivity index (χ2n) is 13.4. The molecular weight excluding hydrogens is 712 g/mol. The maximum atomic E-state index is 13.8. The third kappa shape index (κ3) is 16.2. The van der Waals surface area contributed by atoms with E-state index in [-0.39, 0.29) is 65.1 Å². The number of amides is 3. The van der Waals surface area contributed by atoms with Gasteiger partial charge in [-0.05, 0) is 23.5 Å². The van der Waals surface area contributed by atoms with E-state index in [1.54, 1.807) is 16.8 Å². The Morgan fingerprint density at radius 3 is 1.89 bits per heavy atom. The van der Waals surface area contributed by atoms with Crippen molar-refractivity contribution in [2.24, 2.45) is 5.41 Å². The molecule has 1 aliphatic rings. The van der Waals surface area contributed by atoms with Gasteiger partial charge in [-0.2, -0.15) is 0 Å². The Morgan fingerprint density at radius 2 is 1.40 bits per heavy atom. The number of aromatic nitrogens is 1. The molecule has 1 aromatic carbocycles. The van der Waals surface area contributed by atoms with Crippen LogP contribution < -0.4 is 10.6 Å². The number of β-amino-alcohol motifs (C(OH)–C–C–N with tert-alkyl or cyclic N) is 1. The summed E-state index contributed by atoms with van der Waals surface area (Å²) in [6.07, 6.45) is -0.772. The molecule has 296 valence electrons. The SMILES string of the molecule is Cc1ncsc1-c1ccc(CNC(=O)C2CC(O)CN2C(=O)C(NC(=O)COCCOCCOCCOCCOCCOCC(=O)O)C(C)(C)C)cc1. The molecule has 2 aromatic rings. The van der Waals surface area contributed by atoms with Gasteiger partial charge in [-0.3, -0.25) is 14.4 Å². The minimum Gasteiger partial charge on any atom is -0.480 e. The van der Waals surface area contributed by atoms with E-state index in [9.17, 15) is 24.3 Å². The number of hydrogen-bond donors (Lipinski definition) is 4. The number of rotatable bonds is 25. The predicted molar refractivity (Wildman–Crippen MR) is 194 cm³/mol. The molecule has 1 fully saturated rings. The fraction of sp³-hybridized carbons (Fsp3) is 0.639. The highest BCUT2D eigenvalue weighted by Crippen LogP contribution is 2.28. The molecule has 3 atom stereocenters. The van der Waals surface area contributed by atoms with Crippen molar-refractivity contribution < 1.29 is 57.8 Å². The van der Waals surface area contributed by atoms with Crippen molar-refractivity contribution in [3.63, 3.8) is 0 Å². The molecule has 2 heterocycles. The number of nitrogens with one attached hydrogen (secondary N) is 2. The molecule has 0 spiro atoms. The Kier molecular flexibility index (Phi) is 19.3. The second-order valence-corrected chi connectivity index (χ2v) is 14.2. The molecule has 16 nitrogen and oxygen atoms in total. The fourth-order valence-corrected chi connectivity index (χ4v) is 6.12. The molecule has 1 saturated heterocycles. The summed E-state index contributed by atoms with van der Waals surface area (Å²) in [5, 5.41) is 24.6. The van der Waals surface area contributed by atoms with Crippen molar-refractivity contribution in [1.82, 2.24) is 20.5 Å². The molecule has 0 radical (unpaired) electrons. The van der Waals surface area contributed by atoms with Crippen LogP contribution in [0.15, 0.2) is 29.8 Å². The lowest BCUT2D eigenvalue weighted by Crippen LogP contribution is -2.58. The topological polar surface area (TPSA) is 204 Å². The Bertz CT molecular complexity index is 1420. The number of thiazole rings is 1. The molecule has 3 amide bonds. The van der Waals surface area contributed by atoms with Crippen molar-refractivity contribution in [2.75, 3.05) is 85.8 Å². The number of likely N-dealkylation sites (tertiary alicyclic amines) is 1. The summed E-state index contributed by atoms with van der Waals surface area (Å²) in [5.74, 6) is -2.34. The maximum Gasteiger partial charge on any atom is 0.329 e. The summed E-state index contributed by atoms with van der Waals surface area (Å²) >= 11 is 1.57. The first kappa shape index (κ1) is 43.9. The largest absolute Gasteiger partial charge is 0.480 e.